The van der Waals surface area contributed by atoms with Crippen molar-refractivity contribution in [1.82, 2.24) is 4.98 Å². The van der Waals surface area contributed by atoms with Crippen LogP contribution in [0.3, 0.4) is 0 Å². The van der Waals surface area contributed by atoms with Gasteiger partial charge in [-0.05, 0) is 60.3 Å². The van der Waals surface area contributed by atoms with E-state index >= 15 is 0 Å². The van der Waals surface area contributed by atoms with Crippen LogP contribution in [-0.4, -0.2) is 44.2 Å². The maximum absolute atomic E-state index is 6.16. The second-order valence-electron chi connectivity index (χ2n) is 6.69. The van der Waals surface area contributed by atoms with E-state index in [9.17, 15) is 0 Å². The van der Waals surface area contributed by atoms with Gasteiger partial charge in [0, 0.05) is 6.20 Å². The molecule has 2 bridgehead atoms. The average molecular weight is 284 g/mol. The van der Waals surface area contributed by atoms with E-state index in [1.165, 1.54) is 36.8 Å². The predicted octanol–water partition coefficient (Wildman–Crippen LogP) is -1.53. The van der Waals surface area contributed by atoms with Gasteiger partial charge in [-0.3, -0.25) is 4.98 Å². The molecule has 1 aromatic carbocycles. The van der Waals surface area contributed by atoms with Crippen molar-refractivity contribution >= 4 is 66.5 Å². The fraction of sp³-hybridized carbons (Fsp3) is 0.353. The standard InChI is InChI=1S/C17H12B5N/c18-13-12(14(19)16(21)17(22)15(13)20)11-5-9-7-1-3-8(4-2-7)10(9)6-23-11/h5-8H,1-4H2. The molecule has 0 spiro atoms. The van der Waals surface area contributed by atoms with Crippen LogP contribution in [0.25, 0.3) is 11.3 Å². The van der Waals surface area contributed by atoms with Crippen LogP contribution in [0.4, 0.5) is 0 Å². The number of nitrogens with zero attached hydrogens (tertiary/aromatic N) is 1. The monoisotopic (exact) mass is 285 g/mol. The molecular weight excluding hydrogens is 272 g/mol. The molecule has 3 aliphatic carbocycles. The first-order valence-corrected chi connectivity index (χ1v) is 8.00. The SMILES string of the molecule is [B]c1c([B])c([B])c(-c2cc3c(cn2)C2CCC3CC2)c([B])c1[B]. The number of benzene rings is 1. The van der Waals surface area contributed by atoms with E-state index in [0.29, 0.717) is 28.3 Å². The first-order chi connectivity index (χ1) is 11.0. The van der Waals surface area contributed by atoms with Gasteiger partial charge >= 0.3 is 0 Å². The Morgan fingerprint density at radius 1 is 0.696 bits per heavy atom. The third-order valence-electron chi connectivity index (χ3n) is 5.53. The number of pyridine rings is 1. The van der Waals surface area contributed by atoms with Crippen molar-refractivity contribution in [1.29, 1.82) is 0 Å². The molecule has 1 nitrogen and oxygen atoms in total. The molecule has 0 unspecified atom stereocenters. The predicted molar refractivity (Wildman–Crippen MR) is 101 cm³/mol. The van der Waals surface area contributed by atoms with Crippen molar-refractivity contribution in [3.05, 3.63) is 23.4 Å². The van der Waals surface area contributed by atoms with E-state index in [4.69, 9.17) is 39.2 Å². The Hall–Kier alpha value is -1.31. The molecular formula is C17H12B5N. The number of hydrogen-bond acceptors (Lipinski definition) is 1. The molecule has 2 aromatic rings. The highest BCUT2D eigenvalue weighted by Gasteiger charge is 2.33. The normalized spacial score (nSPS) is 22.1. The molecule has 6 heteroatoms. The molecule has 1 heterocycles. The maximum atomic E-state index is 6.16. The summed E-state index contributed by atoms with van der Waals surface area (Å²) < 4.78 is 0. The first kappa shape index (κ1) is 15.2. The topological polar surface area (TPSA) is 12.9 Å². The minimum atomic E-state index is 0.237. The molecule has 0 N–H and O–H groups in total. The van der Waals surface area contributed by atoms with Gasteiger partial charge in [0.05, 0.1) is 5.69 Å². The van der Waals surface area contributed by atoms with Crippen LogP contribution < -0.4 is 27.3 Å². The zero-order chi connectivity index (χ0) is 16.3. The van der Waals surface area contributed by atoms with E-state index in [1.807, 2.05) is 6.20 Å². The zero-order valence-electron chi connectivity index (χ0n) is 13.0. The zero-order valence-corrected chi connectivity index (χ0v) is 13.0. The first-order valence-electron chi connectivity index (χ1n) is 8.00. The summed E-state index contributed by atoms with van der Waals surface area (Å²) in [5.74, 6) is 1.26. The van der Waals surface area contributed by atoms with Gasteiger partial charge < -0.3 is 0 Å². The van der Waals surface area contributed by atoms with Crippen LogP contribution in [-0.2, 0) is 0 Å². The molecule has 1 fully saturated rings. The summed E-state index contributed by atoms with van der Waals surface area (Å²) in [4.78, 5) is 4.60. The second-order valence-corrected chi connectivity index (χ2v) is 6.69. The lowest BCUT2D eigenvalue weighted by Gasteiger charge is -2.38. The quantitative estimate of drug-likeness (QED) is 0.579. The van der Waals surface area contributed by atoms with Gasteiger partial charge in [-0.25, -0.2) is 0 Å². The van der Waals surface area contributed by atoms with Crippen LogP contribution in [0.2, 0.25) is 0 Å². The van der Waals surface area contributed by atoms with Crippen molar-refractivity contribution in [2.45, 2.75) is 37.5 Å². The van der Waals surface area contributed by atoms with Gasteiger partial charge in [0.15, 0.2) is 0 Å². The van der Waals surface area contributed by atoms with Crippen molar-refractivity contribution in [2.24, 2.45) is 0 Å². The Bertz CT molecular complexity index is 780. The summed E-state index contributed by atoms with van der Waals surface area (Å²) in [6.45, 7) is 0. The number of fused-ring (bicyclic) bond motifs is 2. The van der Waals surface area contributed by atoms with E-state index in [2.05, 4.69) is 11.1 Å². The van der Waals surface area contributed by atoms with Gasteiger partial charge in [0.25, 0.3) is 0 Å². The summed E-state index contributed by atoms with van der Waals surface area (Å²) in [6.07, 6.45) is 7.01. The third kappa shape index (κ3) is 2.17. The fourth-order valence-corrected chi connectivity index (χ4v) is 4.15. The third-order valence-corrected chi connectivity index (χ3v) is 5.53. The molecule has 1 saturated carbocycles. The Balaban J connectivity index is 1.92. The summed E-state index contributed by atoms with van der Waals surface area (Å²) >= 11 is 0. The molecule has 100 valence electrons. The minimum absolute atomic E-state index is 0.237. The van der Waals surface area contributed by atoms with Crippen LogP contribution in [0.5, 0.6) is 0 Å². The molecule has 0 atom stereocenters. The minimum Gasteiger partial charge on any atom is -0.256 e. The average Bonchev–Trinajstić information content (AvgIpc) is 2.59. The van der Waals surface area contributed by atoms with Gasteiger partial charge in [-0.1, -0.05) is 10.9 Å². The lowest BCUT2D eigenvalue weighted by atomic mass is 9.60. The largest absolute Gasteiger partial charge is 0.256 e. The summed E-state index contributed by atoms with van der Waals surface area (Å²) in [5, 5.41) is 0. The van der Waals surface area contributed by atoms with E-state index < -0.39 is 0 Å². The van der Waals surface area contributed by atoms with E-state index in [0.717, 1.165) is 5.69 Å². The second kappa shape index (κ2) is 5.36. The smallest absolute Gasteiger partial charge is 0.113 e. The molecule has 0 saturated heterocycles. The highest BCUT2D eigenvalue weighted by molar-refractivity contribution is 6.68. The molecule has 3 aliphatic rings. The van der Waals surface area contributed by atoms with Crippen molar-refractivity contribution < 1.29 is 0 Å². The van der Waals surface area contributed by atoms with Crippen LogP contribution in [0.1, 0.15) is 48.6 Å². The van der Waals surface area contributed by atoms with E-state index in [-0.39, 0.29) is 16.4 Å². The van der Waals surface area contributed by atoms with Gasteiger partial charge in [-0.15, -0.1) is 16.4 Å². The molecule has 5 rings (SSSR count). The van der Waals surface area contributed by atoms with E-state index in [1.54, 1.807) is 0 Å². The highest BCUT2D eigenvalue weighted by Crippen LogP contribution is 2.49. The summed E-state index contributed by atoms with van der Waals surface area (Å²) in [6, 6.07) is 2.11. The van der Waals surface area contributed by atoms with Crippen molar-refractivity contribution in [3.8, 4) is 11.3 Å². The fourth-order valence-electron chi connectivity index (χ4n) is 4.15. The summed E-state index contributed by atoms with van der Waals surface area (Å²) in [7, 11) is 30.1. The Kier molecular flexibility index (Phi) is 3.55. The lowest BCUT2D eigenvalue weighted by molar-refractivity contribution is 0.358. The summed E-state index contributed by atoms with van der Waals surface area (Å²) in [5.41, 5.74) is 5.56. The Morgan fingerprint density at radius 3 is 1.74 bits per heavy atom. The maximum Gasteiger partial charge on any atom is 0.113 e. The molecule has 1 aromatic heterocycles. The van der Waals surface area contributed by atoms with Crippen LogP contribution in [0, 0.1) is 0 Å². The van der Waals surface area contributed by atoms with Crippen molar-refractivity contribution in [2.75, 3.05) is 0 Å². The Morgan fingerprint density at radius 2 is 1.17 bits per heavy atom. The number of aromatic nitrogens is 1. The Labute approximate surface area is 144 Å². The number of rotatable bonds is 1. The van der Waals surface area contributed by atoms with Gasteiger partial charge in [0.2, 0.25) is 0 Å². The van der Waals surface area contributed by atoms with Crippen molar-refractivity contribution in [3.63, 3.8) is 0 Å². The molecule has 0 aliphatic heterocycles. The number of hydrogen-bond donors (Lipinski definition) is 0. The molecule has 10 radical (unpaired) electrons. The van der Waals surface area contributed by atoms with Gasteiger partial charge in [-0.2, -0.15) is 0 Å². The molecule has 23 heavy (non-hydrogen) atoms. The van der Waals surface area contributed by atoms with Gasteiger partial charge in [0.1, 0.15) is 39.2 Å². The van der Waals surface area contributed by atoms with Crippen LogP contribution >= 0.6 is 0 Å². The molecule has 0 amide bonds. The highest BCUT2D eigenvalue weighted by atomic mass is 14.7. The van der Waals surface area contributed by atoms with Crippen LogP contribution in [0.15, 0.2) is 12.3 Å². The lowest BCUT2D eigenvalue weighted by Crippen LogP contribution is -2.55.